The number of hydrogen-bond donors (Lipinski definition) is 2. The van der Waals surface area contributed by atoms with Crippen LogP contribution in [-0.2, 0) is 4.79 Å². The Bertz CT molecular complexity index is 445. The summed E-state index contributed by atoms with van der Waals surface area (Å²) in [5.41, 5.74) is 5.81. The molecule has 5 nitrogen and oxygen atoms in total. The minimum Gasteiger partial charge on any atom is -0.348 e. The third kappa shape index (κ3) is 2.59. The van der Waals surface area contributed by atoms with E-state index in [0.717, 1.165) is 51.0 Å². The van der Waals surface area contributed by atoms with Crippen molar-refractivity contribution in [1.29, 1.82) is 0 Å². The van der Waals surface area contributed by atoms with E-state index in [0.29, 0.717) is 24.3 Å². The lowest BCUT2D eigenvalue weighted by Gasteiger charge is -2.34. The molecule has 1 aromatic rings. The highest BCUT2D eigenvalue weighted by atomic mass is 16.2. The van der Waals surface area contributed by atoms with Crippen LogP contribution >= 0.6 is 0 Å². The highest BCUT2D eigenvalue weighted by Gasteiger charge is 2.36. The molecule has 0 aromatic carbocycles. The van der Waals surface area contributed by atoms with Crippen LogP contribution in [0.25, 0.3) is 0 Å². The molecule has 3 rings (SSSR count). The Kier molecular flexibility index (Phi) is 4.05. The number of nitrogens with zero attached hydrogens (tertiary/aromatic N) is 2. The third-order valence-electron chi connectivity index (χ3n) is 4.92. The molecule has 2 heterocycles. The Hall–Kier alpha value is -1.36. The lowest BCUT2D eigenvalue weighted by Crippen LogP contribution is -2.44. The molecule has 2 aliphatic rings. The number of H-pyrrole nitrogens is 1. The Labute approximate surface area is 119 Å². The minimum atomic E-state index is 0.162. The van der Waals surface area contributed by atoms with Crippen molar-refractivity contribution in [1.82, 2.24) is 14.9 Å². The maximum absolute atomic E-state index is 12.7. The van der Waals surface area contributed by atoms with E-state index < -0.39 is 0 Å². The number of aromatic nitrogens is 2. The van der Waals surface area contributed by atoms with E-state index in [1.165, 1.54) is 0 Å². The van der Waals surface area contributed by atoms with Gasteiger partial charge in [0.25, 0.3) is 0 Å². The fourth-order valence-corrected chi connectivity index (χ4v) is 3.78. The fraction of sp³-hybridized carbons (Fsp3) is 0.733. The van der Waals surface area contributed by atoms with Gasteiger partial charge < -0.3 is 15.6 Å². The molecule has 1 aliphatic carbocycles. The molecule has 1 unspecified atom stereocenters. The molecule has 1 aliphatic heterocycles. The van der Waals surface area contributed by atoms with Crippen LogP contribution in [0.2, 0.25) is 0 Å². The van der Waals surface area contributed by atoms with Gasteiger partial charge in [0.05, 0.1) is 0 Å². The van der Waals surface area contributed by atoms with Crippen LogP contribution in [0, 0.1) is 11.8 Å². The average Bonchev–Trinajstić information content (AvgIpc) is 3.17. The van der Waals surface area contributed by atoms with E-state index >= 15 is 0 Å². The lowest BCUT2D eigenvalue weighted by atomic mass is 9.91. The number of imidazole rings is 1. The first kappa shape index (κ1) is 13.6. The van der Waals surface area contributed by atoms with Crippen LogP contribution in [0.5, 0.6) is 0 Å². The third-order valence-corrected chi connectivity index (χ3v) is 4.92. The molecular weight excluding hydrogens is 252 g/mol. The van der Waals surface area contributed by atoms with Gasteiger partial charge in [0.1, 0.15) is 5.82 Å². The molecule has 1 aromatic heterocycles. The zero-order valence-electron chi connectivity index (χ0n) is 11.9. The monoisotopic (exact) mass is 276 g/mol. The van der Waals surface area contributed by atoms with Crippen LogP contribution in [-0.4, -0.2) is 40.4 Å². The smallest absolute Gasteiger partial charge is 0.226 e. The molecular formula is C15H24N4O. The fourth-order valence-electron chi connectivity index (χ4n) is 3.78. The number of carbonyl (C=O) groups is 1. The molecule has 0 spiro atoms. The minimum absolute atomic E-state index is 0.162. The predicted molar refractivity (Wildman–Crippen MR) is 77.0 cm³/mol. The van der Waals surface area contributed by atoms with Gasteiger partial charge in [0.2, 0.25) is 5.91 Å². The maximum atomic E-state index is 12.7. The van der Waals surface area contributed by atoms with Crippen LogP contribution in [0.3, 0.4) is 0 Å². The summed E-state index contributed by atoms with van der Waals surface area (Å²) in [6.07, 6.45) is 9.10. The highest BCUT2D eigenvalue weighted by molar-refractivity contribution is 5.79. The summed E-state index contributed by atoms with van der Waals surface area (Å²) in [6, 6.07) is 0. The molecule has 20 heavy (non-hydrogen) atoms. The van der Waals surface area contributed by atoms with Crippen molar-refractivity contribution in [2.45, 2.75) is 38.0 Å². The number of amides is 1. The standard InChI is InChI=1S/C15H24N4O/c16-9-11-3-1-5-13(11)15(20)19-8-2-4-12(10-19)14-17-6-7-18-14/h6-7,11-13H,1-5,8-10,16H2,(H,17,18)/t11-,12?,13-/m1/s1. The molecule has 1 saturated heterocycles. The summed E-state index contributed by atoms with van der Waals surface area (Å²) < 4.78 is 0. The molecule has 110 valence electrons. The van der Waals surface area contributed by atoms with Gasteiger partial charge in [0, 0.05) is 37.3 Å². The Morgan fingerprint density at radius 1 is 1.40 bits per heavy atom. The topological polar surface area (TPSA) is 75.0 Å². The largest absolute Gasteiger partial charge is 0.348 e. The number of piperidine rings is 1. The number of nitrogens with one attached hydrogen (secondary N) is 1. The summed E-state index contributed by atoms with van der Waals surface area (Å²) in [4.78, 5) is 22.3. The van der Waals surface area contributed by atoms with E-state index in [9.17, 15) is 4.79 Å². The molecule has 0 bridgehead atoms. The van der Waals surface area contributed by atoms with Crippen molar-refractivity contribution < 1.29 is 4.79 Å². The second-order valence-electron chi connectivity index (χ2n) is 6.13. The number of aromatic amines is 1. The maximum Gasteiger partial charge on any atom is 0.226 e. The molecule has 3 atom stereocenters. The van der Waals surface area contributed by atoms with E-state index in [1.807, 2.05) is 6.20 Å². The molecule has 1 saturated carbocycles. The Morgan fingerprint density at radius 2 is 2.30 bits per heavy atom. The second-order valence-corrected chi connectivity index (χ2v) is 6.13. The summed E-state index contributed by atoms with van der Waals surface area (Å²) in [5.74, 6) is 2.26. The van der Waals surface area contributed by atoms with Crippen molar-refractivity contribution in [3.63, 3.8) is 0 Å². The van der Waals surface area contributed by atoms with Crippen LogP contribution in [0.15, 0.2) is 12.4 Å². The predicted octanol–water partition coefficient (Wildman–Crippen LogP) is 1.49. The van der Waals surface area contributed by atoms with Gasteiger partial charge >= 0.3 is 0 Å². The lowest BCUT2D eigenvalue weighted by molar-refractivity contribution is -0.137. The van der Waals surface area contributed by atoms with Crippen molar-refractivity contribution in [2.75, 3.05) is 19.6 Å². The van der Waals surface area contributed by atoms with E-state index in [4.69, 9.17) is 5.73 Å². The van der Waals surface area contributed by atoms with Gasteiger partial charge in [-0.1, -0.05) is 6.42 Å². The quantitative estimate of drug-likeness (QED) is 0.878. The number of rotatable bonds is 3. The number of nitrogens with two attached hydrogens (primary N) is 1. The zero-order chi connectivity index (χ0) is 13.9. The first-order valence-electron chi connectivity index (χ1n) is 7.77. The second kappa shape index (κ2) is 5.95. The van der Waals surface area contributed by atoms with Crippen LogP contribution in [0.4, 0.5) is 0 Å². The van der Waals surface area contributed by atoms with E-state index in [-0.39, 0.29) is 5.92 Å². The van der Waals surface area contributed by atoms with Gasteiger partial charge in [-0.25, -0.2) is 4.98 Å². The van der Waals surface area contributed by atoms with Crippen molar-refractivity contribution >= 4 is 5.91 Å². The number of likely N-dealkylation sites (tertiary alicyclic amines) is 1. The summed E-state index contributed by atoms with van der Waals surface area (Å²) in [7, 11) is 0. The number of hydrogen-bond acceptors (Lipinski definition) is 3. The first-order chi connectivity index (χ1) is 9.79. The molecule has 2 fully saturated rings. The Balaban J connectivity index is 1.66. The summed E-state index contributed by atoms with van der Waals surface area (Å²) in [6.45, 7) is 2.34. The first-order valence-corrected chi connectivity index (χ1v) is 7.77. The Morgan fingerprint density at radius 3 is 3.05 bits per heavy atom. The normalized spacial score (nSPS) is 30.6. The van der Waals surface area contributed by atoms with Crippen molar-refractivity contribution in [3.8, 4) is 0 Å². The molecule has 5 heteroatoms. The van der Waals surface area contributed by atoms with Gasteiger partial charge in [-0.15, -0.1) is 0 Å². The van der Waals surface area contributed by atoms with Gasteiger partial charge in [-0.3, -0.25) is 4.79 Å². The number of carbonyl (C=O) groups excluding carboxylic acids is 1. The summed E-state index contributed by atoms with van der Waals surface area (Å²) >= 11 is 0. The van der Waals surface area contributed by atoms with E-state index in [2.05, 4.69) is 14.9 Å². The van der Waals surface area contributed by atoms with Gasteiger partial charge in [0.15, 0.2) is 0 Å². The van der Waals surface area contributed by atoms with E-state index in [1.54, 1.807) is 6.20 Å². The van der Waals surface area contributed by atoms with Gasteiger partial charge in [-0.2, -0.15) is 0 Å². The highest BCUT2D eigenvalue weighted by Crippen LogP contribution is 2.34. The molecule has 1 amide bonds. The SMILES string of the molecule is NC[C@H]1CCC[C@H]1C(=O)N1CCCC(c2ncc[nH]2)C1. The molecule has 0 radical (unpaired) electrons. The van der Waals surface area contributed by atoms with Crippen molar-refractivity contribution in [2.24, 2.45) is 17.6 Å². The summed E-state index contributed by atoms with van der Waals surface area (Å²) in [5, 5.41) is 0. The van der Waals surface area contributed by atoms with Crippen LogP contribution < -0.4 is 5.73 Å². The zero-order valence-corrected chi connectivity index (χ0v) is 11.9. The van der Waals surface area contributed by atoms with Crippen LogP contribution in [0.1, 0.15) is 43.8 Å². The van der Waals surface area contributed by atoms with Gasteiger partial charge in [-0.05, 0) is 38.1 Å². The van der Waals surface area contributed by atoms with Crippen molar-refractivity contribution in [3.05, 3.63) is 18.2 Å². The average molecular weight is 276 g/mol. The molecule has 3 N–H and O–H groups in total.